The number of pyridine rings is 1. The lowest BCUT2D eigenvalue weighted by atomic mass is 10.1. The summed E-state index contributed by atoms with van der Waals surface area (Å²) in [6.07, 6.45) is 7.57. The number of aryl methyl sites for hydroxylation is 1. The first-order chi connectivity index (χ1) is 13.7. The third-order valence-electron chi connectivity index (χ3n) is 6.68. The molecular weight excluding hydrogens is 354 g/mol. The SMILES string of the molecule is Cc1cc(=O)n(C2CCCC2)c2nc(N3CCC(N4CCOCC4)C3)ncc12. The Kier molecular flexibility index (Phi) is 4.80. The van der Waals surface area contributed by atoms with Gasteiger partial charge in [0, 0.05) is 55.9 Å². The summed E-state index contributed by atoms with van der Waals surface area (Å²) in [5.74, 6) is 0.764. The van der Waals surface area contributed by atoms with Crippen LogP contribution >= 0.6 is 0 Å². The minimum atomic E-state index is 0.0779. The maximum Gasteiger partial charge on any atom is 0.252 e. The fourth-order valence-electron chi connectivity index (χ4n) is 5.09. The van der Waals surface area contributed by atoms with E-state index in [0.717, 1.165) is 81.2 Å². The van der Waals surface area contributed by atoms with Gasteiger partial charge < -0.3 is 9.64 Å². The molecule has 0 aromatic carbocycles. The van der Waals surface area contributed by atoms with Gasteiger partial charge in [-0.3, -0.25) is 14.3 Å². The maximum absolute atomic E-state index is 12.8. The number of aromatic nitrogens is 3. The van der Waals surface area contributed by atoms with Crippen molar-refractivity contribution >= 4 is 17.0 Å². The molecule has 0 amide bonds. The predicted molar refractivity (Wildman–Crippen MR) is 109 cm³/mol. The van der Waals surface area contributed by atoms with Crippen LogP contribution in [0.4, 0.5) is 5.95 Å². The summed E-state index contributed by atoms with van der Waals surface area (Å²) < 4.78 is 7.43. The second-order valence-electron chi connectivity index (χ2n) is 8.42. The van der Waals surface area contributed by atoms with Gasteiger partial charge in [-0.25, -0.2) is 4.98 Å². The van der Waals surface area contributed by atoms with Crippen molar-refractivity contribution < 1.29 is 4.74 Å². The number of nitrogens with zero attached hydrogens (tertiary/aromatic N) is 5. The van der Waals surface area contributed by atoms with Crippen LogP contribution in [0.1, 0.15) is 43.7 Å². The summed E-state index contributed by atoms with van der Waals surface area (Å²) in [5.41, 5.74) is 1.86. The quantitative estimate of drug-likeness (QED) is 0.809. The van der Waals surface area contributed by atoms with Crippen LogP contribution in [-0.2, 0) is 4.74 Å². The number of rotatable bonds is 3. The summed E-state index contributed by atoms with van der Waals surface area (Å²) in [6.45, 7) is 7.58. The van der Waals surface area contributed by atoms with Crippen molar-refractivity contribution in [3.8, 4) is 0 Å². The predicted octanol–water partition coefficient (Wildman–Crippen LogP) is 2.13. The molecule has 0 bridgehead atoms. The van der Waals surface area contributed by atoms with E-state index in [9.17, 15) is 4.79 Å². The Morgan fingerprint density at radius 3 is 2.64 bits per heavy atom. The molecule has 1 unspecified atom stereocenters. The largest absolute Gasteiger partial charge is 0.379 e. The van der Waals surface area contributed by atoms with E-state index < -0.39 is 0 Å². The number of fused-ring (bicyclic) bond motifs is 1. The van der Waals surface area contributed by atoms with E-state index in [0.29, 0.717) is 6.04 Å². The van der Waals surface area contributed by atoms with Gasteiger partial charge in [-0.1, -0.05) is 12.8 Å². The smallest absolute Gasteiger partial charge is 0.252 e. The van der Waals surface area contributed by atoms with E-state index in [2.05, 4.69) is 14.8 Å². The number of hydrogen-bond acceptors (Lipinski definition) is 6. The maximum atomic E-state index is 12.8. The summed E-state index contributed by atoms with van der Waals surface area (Å²) in [6, 6.07) is 2.56. The van der Waals surface area contributed by atoms with Crippen molar-refractivity contribution in [1.29, 1.82) is 0 Å². The molecule has 150 valence electrons. The minimum absolute atomic E-state index is 0.0779. The molecule has 1 saturated carbocycles. The lowest BCUT2D eigenvalue weighted by Crippen LogP contribution is -2.44. The van der Waals surface area contributed by atoms with Gasteiger partial charge in [0.25, 0.3) is 5.56 Å². The fourth-order valence-corrected chi connectivity index (χ4v) is 5.09. The Balaban J connectivity index is 1.47. The molecule has 2 aliphatic heterocycles. The van der Waals surface area contributed by atoms with Crippen LogP contribution in [-0.4, -0.2) is 64.9 Å². The van der Waals surface area contributed by atoms with Crippen LogP contribution < -0.4 is 10.5 Å². The van der Waals surface area contributed by atoms with Crippen LogP contribution in [0.5, 0.6) is 0 Å². The van der Waals surface area contributed by atoms with Crippen molar-refractivity contribution in [2.75, 3.05) is 44.3 Å². The molecule has 7 nitrogen and oxygen atoms in total. The van der Waals surface area contributed by atoms with Gasteiger partial charge >= 0.3 is 0 Å². The van der Waals surface area contributed by atoms with Gasteiger partial charge in [0.05, 0.1) is 13.2 Å². The highest BCUT2D eigenvalue weighted by atomic mass is 16.5. The first kappa shape index (κ1) is 18.1. The van der Waals surface area contributed by atoms with Gasteiger partial charge in [-0.05, 0) is 31.7 Å². The van der Waals surface area contributed by atoms with E-state index >= 15 is 0 Å². The fraction of sp³-hybridized carbons (Fsp3) is 0.667. The summed E-state index contributed by atoms with van der Waals surface area (Å²) in [4.78, 5) is 27.2. The molecule has 4 heterocycles. The van der Waals surface area contributed by atoms with Crippen LogP contribution in [0.2, 0.25) is 0 Å². The Labute approximate surface area is 165 Å². The van der Waals surface area contributed by atoms with Crippen LogP contribution in [0.3, 0.4) is 0 Å². The summed E-state index contributed by atoms with van der Waals surface area (Å²) >= 11 is 0. The highest BCUT2D eigenvalue weighted by molar-refractivity contribution is 5.79. The number of morpholine rings is 1. The molecular formula is C21H29N5O2. The third-order valence-corrected chi connectivity index (χ3v) is 6.68. The molecule has 2 aromatic heterocycles. The molecule has 3 aliphatic rings. The third kappa shape index (κ3) is 3.20. The average molecular weight is 383 g/mol. The Morgan fingerprint density at radius 2 is 1.86 bits per heavy atom. The van der Waals surface area contributed by atoms with Crippen LogP contribution in [0, 0.1) is 6.92 Å². The zero-order valence-electron chi connectivity index (χ0n) is 16.6. The molecule has 0 spiro atoms. The Bertz CT molecular complexity index is 915. The second-order valence-corrected chi connectivity index (χ2v) is 8.42. The molecule has 2 aromatic rings. The highest BCUT2D eigenvalue weighted by Crippen LogP contribution is 2.31. The topological polar surface area (TPSA) is 63.5 Å². The van der Waals surface area contributed by atoms with Gasteiger partial charge in [-0.15, -0.1) is 0 Å². The van der Waals surface area contributed by atoms with E-state index in [1.165, 1.54) is 12.8 Å². The highest BCUT2D eigenvalue weighted by Gasteiger charge is 2.30. The van der Waals surface area contributed by atoms with Crippen molar-refractivity contribution in [2.24, 2.45) is 0 Å². The number of anilines is 1. The first-order valence-corrected chi connectivity index (χ1v) is 10.7. The van der Waals surface area contributed by atoms with Crippen molar-refractivity contribution in [1.82, 2.24) is 19.4 Å². The zero-order chi connectivity index (χ0) is 19.1. The normalized spacial score (nSPS) is 24.5. The van der Waals surface area contributed by atoms with Gasteiger partial charge in [0.2, 0.25) is 5.95 Å². The molecule has 2 saturated heterocycles. The Morgan fingerprint density at radius 1 is 1.07 bits per heavy atom. The molecule has 0 N–H and O–H groups in total. The van der Waals surface area contributed by atoms with E-state index in [1.807, 2.05) is 17.7 Å². The van der Waals surface area contributed by atoms with Crippen molar-refractivity contribution in [2.45, 2.75) is 51.1 Å². The lowest BCUT2D eigenvalue weighted by molar-refractivity contribution is 0.0209. The Hall–Kier alpha value is -1.99. The average Bonchev–Trinajstić information content (AvgIpc) is 3.41. The van der Waals surface area contributed by atoms with E-state index in [1.54, 1.807) is 6.07 Å². The standard InChI is InChI=1S/C21H29N5O2/c1-15-12-19(27)26(16-4-2-3-5-16)20-18(15)13-22-21(23-20)25-7-6-17(14-25)24-8-10-28-11-9-24/h12-13,16-17H,2-11,14H2,1H3. The molecule has 0 radical (unpaired) electrons. The first-order valence-electron chi connectivity index (χ1n) is 10.7. The number of ether oxygens (including phenoxy) is 1. The van der Waals surface area contributed by atoms with Gasteiger partial charge in [0.15, 0.2) is 0 Å². The van der Waals surface area contributed by atoms with Gasteiger partial charge in [0.1, 0.15) is 5.65 Å². The monoisotopic (exact) mass is 383 g/mol. The zero-order valence-corrected chi connectivity index (χ0v) is 16.6. The molecule has 3 fully saturated rings. The van der Waals surface area contributed by atoms with Crippen LogP contribution in [0.25, 0.3) is 11.0 Å². The minimum Gasteiger partial charge on any atom is -0.379 e. The van der Waals surface area contributed by atoms with Crippen molar-refractivity contribution in [3.63, 3.8) is 0 Å². The van der Waals surface area contributed by atoms with Gasteiger partial charge in [-0.2, -0.15) is 4.98 Å². The molecule has 1 atom stereocenters. The van der Waals surface area contributed by atoms with Crippen molar-refractivity contribution in [3.05, 3.63) is 28.2 Å². The molecule has 28 heavy (non-hydrogen) atoms. The lowest BCUT2D eigenvalue weighted by Gasteiger charge is -2.32. The summed E-state index contributed by atoms with van der Waals surface area (Å²) in [5, 5.41) is 0.999. The van der Waals surface area contributed by atoms with Crippen LogP contribution in [0.15, 0.2) is 17.1 Å². The second kappa shape index (κ2) is 7.44. The van der Waals surface area contributed by atoms with E-state index in [4.69, 9.17) is 9.72 Å². The molecule has 5 rings (SSSR count). The number of hydrogen-bond donors (Lipinski definition) is 0. The van der Waals surface area contributed by atoms with E-state index in [-0.39, 0.29) is 11.6 Å². The molecule has 7 heteroatoms. The molecule has 1 aliphatic carbocycles. The summed E-state index contributed by atoms with van der Waals surface area (Å²) in [7, 11) is 0.